The van der Waals surface area contributed by atoms with Crippen LogP contribution in [0.4, 0.5) is 8.78 Å². The third-order valence-corrected chi connectivity index (χ3v) is 5.00. The van der Waals surface area contributed by atoms with Crippen LogP contribution in [-0.2, 0) is 6.54 Å². The molecule has 8 nitrogen and oxygen atoms in total. The zero-order valence-electron chi connectivity index (χ0n) is 17.0. The molecule has 0 saturated heterocycles. The maximum absolute atomic E-state index is 13.8. The van der Waals surface area contributed by atoms with Gasteiger partial charge in [-0.25, -0.2) is 18.3 Å². The molecule has 11 heteroatoms. The molecule has 4 aromatic rings. The number of nitrogens with one attached hydrogen (secondary N) is 1. The minimum atomic E-state index is -2.81. The lowest BCUT2D eigenvalue weighted by atomic mass is 10.1. The van der Waals surface area contributed by atoms with E-state index < -0.39 is 12.3 Å². The number of amides is 1. The number of rotatable bonds is 8. The molecule has 0 bridgehead atoms. The molecule has 1 aromatic carbocycles. The summed E-state index contributed by atoms with van der Waals surface area (Å²) in [5, 5.41) is 11.3. The van der Waals surface area contributed by atoms with Crippen molar-refractivity contribution in [2.45, 2.75) is 19.4 Å². The molecule has 1 amide bonds. The first kappa shape index (κ1) is 21.7. The number of alkyl halides is 2. The van der Waals surface area contributed by atoms with Gasteiger partial charge >= 0.3 is 0 Å². The highest BCUT2D eigenvalue weighted by Crippen LogP contribution is 2.32. The van der Waals surface area contributed by atoms with Gasteiger partial charge in [-0.05, 0) is 24.6 Å². The summed E-state index contributed by atoms with van der Waals surface area (Å²) < 4.78 is 35.5. The Morgan fingerprint density at radius 2 is 2.06 bits per heavy atom. The second kappa shape index (κ2) is 9.31. The molecule has 0 fully saturated rings. The lowest BCUT2D eigenvalue weighted by molar-refractivity contribution is 0.0953. The lowest BCUT2D eigenvalue weighted by Crippen LogP contribution is -2.25. The lowest BCUT2D eigenvalue weighted by Gasteiger charge is -2.11. The molecule has 0 aliphatic carbocycles. The van der Waals surface area contributed by atoms with Gasteiger partial charge in [0.05, 0.1) is 30.2 Å². The fourth-order valence-electron chi connectivity index (χ4n) is 3.29. The van der Waals surface area contributed by atoms with Crippen molar-refractivity contribution in [3.8, 4) is 17.0 Å². The summed E-state index contributed by atoms with van der Waals surface area (Å²) in [6.07, 6.45) is 2.24. The van der Waals surface area contributed by atoms with Gasteiger partial charge in [-0.3, -0.25) is 9.48 Å². The molecule has 1 N–H and O–H groups in total. The minimum Gasteiger partial charge on any atom is -0.496 e. The van der Waals surface area contributed by atoms with Gasteiger partial charge in [0, 0.05) is 24.8 Å². The Hall–Kier alpha value is -3.53. The molecular formula is C21H19ClF2N6O2. The Kier molecular flexibility index (Phi) is 6.31. The third kappa shape index (κ3) is 4.40. The zero-order valence-corrected chi connectivity index (χ0v) is 17.8. The molecule has 4 rings (SSSR count). The highest BCUT2D eigenvalue weighted by Gasteiger charge is 2.22. The van der Waals surface area contributed by atoms with Crippen molar-refractivity contribution in [3.63, 3.8) is 0 Å². The van der Waals surface area contributed by atoms with Crippen molar-refractivity contribution in [2.75, 3.05) is 13.7 Å². The van der Waals surface area contributed by atoms with Crippen LogP contribution in [0.15, 0.2) is 48.9 Å². The van der Waals surface area contributed by atoms with Gasteiger partial charge in [0.2, 0.25) is 0 Å². The Labute approximate surface area is 186 Å². The summed E-state index contributed by atoms with van der Waals surface area (Å²) in [6.45, 7) is 0.912. The van der Waals surface area contributed by atoms with Gasteiger partial charge in [0.1, 0.15) is 17.0 Å². The summed E-state index contributed by atoms with van der Waals surface area (Å²) >= 11 is 5.83. The fraction of sp³-hybridized carbons (Fsp3) is 0.238. The third-order valence-electron chi connectivity index (χ3n) is 4.80. The predicted molar refractivity (Wildman–Crippen MR) is 114 cm³/mol. The Morgan fingerprint density at radius 3 is 2.78 bits per heavy atom. The minimum absolute atomic E-state index is 0.0417. The summed E-state index contributed by atoms with van der Waals surface area (Å²) in [4.78, 5) is 17.2. The van der Waals surface area contributed by atoms with Crippen LogP contribution < -0.4 is 10.1 Å². The van der Waals surface area contributed by atoms with E-state index >= 15 is 0 Å². The van der Waals surface area contributed by atoms with Gasteiger partial charge in [-0.1, -0.05) is 23.7 Å². The Balaban J connectivity index is 1.60. The molecule has 0 aliphatic heterocycles. The van der Waals surface area contributed by atoms with Crippen molar-refractivity contribution in [1.82, 2.24) is 29.7 Å². The predicted octanol–water partition coefficient (Wildman–Crippen LogP) is 4.01. The highest BCUT2D eigenvalue weighted by molar-refractivity contribution is 6.30. The number of benzene rings is 1. The number of carbonyl (C=O) groups is 1. The smallest absolute Gasteiger partial charge is 0.280 e. The Bertz CT molecular complexity index is 1260. The molecular weight excluding hydrogens is 442 g/mol. The largest absolute Gasteiger partial charge is 0.496 e. The van der Waals surface area contributed by atoms with Crippen molar-refractivity contribution < 1.29 is 18.3 Å². The number of fused-ring (bicyclic) bond motifs is 1. The van der Waals surface area contributed by atoms with Crippen LogP contribution in [0.3, 0.4) is 0 Å². The van der Waals surface area contributed by atoms with E-state index in [1.54, 1.807) is 35.1 Å². The standard InChI is InChI=1S/C21H19ClF2N6O2/c1-32-18-6-3-2-5-14(18)16-9-17(19(23)24)30-20(28-16)15(11-27-30)21(31)25-7-4-8-29-12-13(22)10-26-29/h2-3,5-6,9-12,19H,4,7-8H2,1H3,(H,25,31). The second-order valence-electron chi connectivity index (χ2n) is 6.89. The molecule has 0 radical (unpaired) electrons. The molecule has 3 heterocycles. The normalized spacial score (nSPS) is 11.3. The molecule has 166 valence electrons. The van der Waals surface area contributed by atoms with E-state index in [9.17, 15) is 13.6 Å². The van der Waals surface area contributed by atoms with Crippen LogP contribution >= 0.6 is 11.6 Å². The van der Waals surface area contributed by atoms with Crippen LogP contribution in [0.2, 0.25) is 5.02 Å². The molecule has 3 aromatic heterocycles. The van der Waals surface area contributed by atoms with Gasteiger partial charge in [-0.2, -0.15) is 10.2 Å². The SMILES string of the molecule is COc1ccccc1-c1cc(C(F)F)n2ncc(C(=O)NCCCn3cc(Cl)cn3)c2n1. The number of ether oxygens (including phenoxy) is 1. The maximum Gasteiger partial charge on any atom is 0.280 e. The summed E-state index contributed by atoms with van der Waals surface area (Å²) in [5.41, 5.74) is 0.566. The van der Waals surface area contributed by atoms with E-state index in [2.05, 4.69) is 20.5 Å². The number of nitrogens with zero attached hydrogens (tertiary/aromatic N) is 5. The molecule has 0 unspecified atom stereocenters. The van der Waals surface area contributed by atoms with Gasteiger partial charge in [0.25, 0.3) is 12.3 Å². The van der Waals surface area contributed by atoms with Crippen molar-refractivity contribution in [3.05, 3.63) is 65.2 Å². The number of carbonyl (C=O) groups excluding carboxylic acids is 1. The summed E-state index contributed by atoms with van der Waals surface area (Å²) in [6, 6.07) is 8.19. The number of halogens is 3. The molecule has 0 atom stereocenters. The molecule has 0 spiro atoms. The van der Waals surface area contributed by atoms with E-state index in [-0.39, 0.29) is 22.6 Å². The van der Waals surface area contributed by atoms with Crippen LogP contribution in [0.5, 0.6) is 5.75 Å². The first-order valence-electron chi connectivity index (χ1n) is 9.74. The van der Waals surface area contributed by atoms with Crippen LogP contribution in [0, 0.1) is 0 Å². The number of hydrogen-bond acceptors (Lipinski definition) is 5. The summed E-state index contributed by atoms with van der Waals surface area (Å²) in [5.74, 6) is 0.0252. The number of aryl methyl sites for hydroxylation is 1. The number of hydrogen-bond donors (Lipinski definition) is 1. The number of para-hydroxylation sites is 1. The van der Waals surface area contributed by atoms with Gasteiger partial charge < -0.3 is 10.1 Å². The fourth-order valence-corrected chi connectivity index (χ4v) is 3.45. The zero-order chi connectivity index (χ0) is 22.7. The monoisotopic (exact) mass is 460 g/mol. The van der Waals surface area contributed by atoms with E-state index in [1.165, 1.54) is 25.6 Å². The highest BCUT2D eigenvalue weighted by atomic mass is 35.5. The average Bonchev–Trinajstić information content (AvgIpc) is 3.41. The van der Waals surface area contributed by atoms with Crippen molar-refractivity contribution >= 4 is 23.2 Å². The molecule has 32 heavy (non-hydrogen) atoms. The van der Waals surface area contributed by atoms with Crippen molar-refractivity contribution in [1.29, 1.82) is 0 Å². The molecule has 0 aliphatic rings. The number of methoxy groups -OCH3 is 1. The van der Waals surface area contributed by atoms with E-state index in [4.69, 9.17) is 16.3 Å². The topological polar surface area (TPSA) is 86.3 Å². The molecule has 0 saturated carbocycles. The number of aromatic nitrogens is 5. The van der Waals surface area contributed by atoms with Gasteiger partial charge in [0.15, 0.2) is 5.65 Å². The first-order chi connectivity index (χ1) is 15.5. The van der Waals surface area contributed by atoms with Crippen molar-refractivity contribution in [2.24, 2.45) is 0 Å². The van der Waals surface area contributed by atoms with E-state index in [0.29, 0.717) is 35.8 Å². The van der Waals surface area contributed by atoms with Crippen LogP contribution in [0.1, 0.15) is 28.9 Å². The van der Waals surface area contributed by atoms with E-state index in [1.807, 2.05) is 0 Å². The maximum atomic E-state index is 13.8. The van der Waals surface area contributed by atoms with Crippen LogP contribution in [0.25, 0.3) is 16.9 Å². The average molecular weight is 461 g/mol. The Morgan fingerprint density at radius 1 is 1.25 bits per heavy atom. The summed E-state index contributed by atoms with van der Waals surface area (Å²) in [7, 11) is 1.49. The quantitative estimate of drug-likeness (QED) is 0.401. The van der Waals surface area contributed by atoms with Gasteiger partial charge in [-0.15, -0.1) is 0 Å². The van der Waals surface area contributed by atoms with Crippen LogP contribution in [-0.4, -0.2) is 43.9 Å². The first-order valence-corrected chi connectivity index (χ1v) is 10.1. The van der Waals surface area contributed by atoms with E-state index in [0.717, 1.165) is 4.52 Å². The second-order valence-corrected chi connectivity index (χ2v) is 7.33.